The van der Waals surface area contributed by atoms with Gasteiger partial charge in [0.15, 0.2) is 0 Å². The molecule has 1 amide bonds. The highest BCUT2D eigenvalue weighted by Gasteiger charge is 2.23. The van der Waals surface area contributed by atoms with Gasteiger partial charge in [-0.2, -0.15) is 0 Å². The summed E-state index contributed by atoms with van der Waals surface area (Å²) in [6.07, 6.45) is 8.51. The molecule has 180 valence electrons. The van der Waals surface area contributed by atoms with Gasteiger partial charge >= 0.3 is 0 Å². The molecule has 1 heterocycles. The molecule has 0 radical (unpaired) electrons. The van der Waals surface area contributed by atoms with Crippen LogP contribution in [0.1, 0.15) is 70.0 Å². The van der Waals surface area contributed by atoms with Crippen LogP contribution < -0.4 is 14.8 Å². The van der Waals surface area contributed by atoms with E-state index in [0.29, 0.717) is 18.4 Å². The van der Waals surface area contributed by atoms with E-state index >= 15 is 0 Å². The number of carbonyl (C=O) groups excluding carboxylic acids is 1. The molecule has 1 saturated carbocycles. The Morgan fingerprint density at radius 1 is 1.15 bits per heavy atom. The first-order chi connectivity index (χ1) is 16.0. The van der Waals surface area contributed by atoms with Crippen molar-refractivity contribution in [1.82, 2.24) is 10.3 Å². The van der Waals surface area contributed by atoms with Crippen LogP contribution >= 0.6 is 0 Å². The van der Waals surface area contributed by atoms with E-state index in [0.717, 1.165) is 49.8 Å². The lowest BCUT2D eigenvalue weighted by Crippen LogP contribution is -2.25. The first-order valence-corrected chi connectivity index (χ1v) is 12.1. The van der Waals surface area contributed by atoms with Gasteiger partial charge in [-0.15, -0.1) is 0 Å². The molecule has 0 spiro atoms. The fourth-order valence-corrected chi connectivity index (χ4v) is 4.44. The summed E-state index contributed by atoms with van der Waals surface area (Å²) in [5.74, 6) is 2.22. The normalized spacial score (nSPS) is 20.0. The Kier molecular flexibility index (Phi) is 9.55. The van der Waals surface area contributed by atoms with E-state index in [-0.39, 0.29) is 24.2 Å². The molecule has 0 aliphatic heterocycles. The summed E-state index contributed by atoms with van der Waals surface area (Å²) in [5.41, 5.74) is 2.36. The number of carbonyl (C=O) groups is 1. The van der Waals surface area contributed by atoms with Crippen molar-refractivity contribution in [3.63, 3.8) is 0 Å². The zero-order chi connectivity index (χ0) is 23.6. The molecule has 1 aromatic carbocycles. The number of nitrogens with zero attached hydrogens (tertiary/aromatic N) is 1. The number of benzene rings is 1. The minimum absolute atomic E-state index is 0.000993. The predicted molar refractivity (Wildman–Crippen MR) is 130 cm³/mol. The second-order valence-electron chi connectivity index (χ2n) is 9.06. The van der Waals surface area contributed by atoms with Crippen molar-refractivity contribution in [3.8, 4) is 11.6 Å². The molecular weight excluding hydrogens is 416 g/mol. The molecule has 1 aliphatic carbocycles. The van der Waals surface area contributed by atoms with Crippen LogP contribution in [-0.4, -0.2) is 36.8 Å². The van der Waals surface area contributed by atoms with E-state index in [1.165, 1.54) is 12.5 Å². The van der Waals surface area contributed by atoms with Gasteiger partial charge in [0, 0.05) is 26.3 Å². The van der Waals surface area contributed by atoms with Gasteiger partial charge in [-0.3, -0.25) is 4.79 Å². The second-order valence-corrected chi connectivity index (χ2v) is 9.06. The Hall–Kier alpha value is -2.60. The minimum atomic E-state index is -0.0219. The summed E-state index contributed by atoms with van der Waals surface area (Å²) in [6, 6.07) is 12.2. The van der Waals surface area contributed by atoms with Crippen molar-refractivity contribution >= 4 is 5.91 Å². The molecule has 6 nitrogen and oxygen atoms in total. The lowest BCUT2D eigenvalue weighted by molar-refractivity contribution is -0.119. The molecule has 2 aromatic rings. The summed E-state index contributed by atoms with van der Waals surface area (Å²) in [6.45, 7) is 6.19. The number of hydrogen-bond donors (Lipinski definition) is 1. The first-order valence-electron chi connectivity index (χ1n) is 12.1. The van der Waals surface area contributed by atoms with Gasteiger partial charge in [0.25, 0.3) is 0 Å². The molecule has 1 aliphatic rings. The Labute approximate surface area is 198 Å². The lowest BCUT2D eigenvalue weighted by atomic mass is 9.83. The Bertz CT molecular complexity index is 863. The van der Waals surface area contributed by atoms with E-state index in [1.807, 2.05) is 37.4 Å². The van der Waals surface area contributed by atoms with Gasteiger partial charge in [0.05, 0.1) is 18.8 Å². The fourth-order valence-electron chi connectivity index (χ4n) is 4.44. The molecule has 1 fully saturated rings. The molecule has 2 unspecified atom stereocenters. The number of amides is 1. The van der Waals surface area contributed by atoms with Crippen LogP contribution in [-0.2, 0) is 16.0 Å². The molecule has 2 atom stereocenters. The summed E-state index contributed by atoms with van der Waals surface area (Å²) >= 11 is 0. The summed E-state index contributed by atoms with van der Waals surface area (Å²) in [7, 11) is 1.69. The van der Waals surface area contributed by atoms with Crippen LogP contribution in [0.25, 0.3) is 0 Å². The van der Waals surface area contributed by atoms with Crippen LogP contribution in [0.15, 0.2) is 42.6 Å². The first kappa shape index (κ1) is 25.0. The monoisotopic (exact) mass is 454 g/mol. The van der Waals surface area contributed by atoms with Gasteiger partial charge in [-0.25, -0.2) is 4.98 Å². The largest absolute Gasteiger partial charge is 0.490 e. The molecule has 0 bridgehead atoms. The van der Waals surface area contributed by atoms with Gasteiger partial charge in [0.1, 0.15) is 11.9 Å². The van der Waals surface area contributed by atoms with Crippen LogP contribution in [0.4, 0.5) is 0 Å². The maximum atomic E-state index is 11.2. The summed E-state index contributed by atoms with van der Waals surface area (Å²) < 4.78 is 17.4. The fraction of sp³-hybridized carbons (Fsp3) is 0.556. The van der Waals surface area contributed by atoms with E-state index < -0.39 is 0 Å². The highest BCUT2D eigenvalue weighted by atomic mass is 16.5. The third-order valence-corrected chi connectivity index (χ3v) is 6.32. The molecule has 1 N–H and O–H groups in total. The standard InChI is InChI=1S/C27H38N2O4/c1-5-24(18-31-4)33-27-17-22(14-15-28-27)16-21-6-10-25(11-7-21)32-26-12-8-23(9-13-26)19(2)29-20(3)30/h8-9,12-15,17,19,21,24-25H,5-7,10-11,16,18H2,1-4H3,(H,29,30). The highest BCUT2D eigenvalue weighted by molar-refractivity contribution is 5.73. The third-order valence-electron chi connectivity index (χ3n) is 6.32. The average Bonchev–Trinajstić information content (AvgIpc) is 2.80. The van der Waals surface area contributed by atoms with E-state index in [4.69, 9.17) is 14.2 Å². The topological polar surface area (TPSA) is 69.7 Å². The maximum Gasteiger partial charge on any atom is 0.217 e. The van der Waals surface area contributed by atoms with Crippen LogP contribution in [0.2, 0.25) is 0 Å². The van der Waals surface area contributed by atoms with Crippen molar-refractivity contribution in [2.75, 3.05) is 13.7 Å². The molecular formula is C27H38N2O4. The van der Waals surface area contributed by atoms with Gasteiger partial charge < -0.3 is 19.5 Å². The SMILES string of the molecule is CCC(COC)Oc1cc(CC2CCC(Oc3ccc(C(C)NC(C)=O)cc3)CC2)ccn1. The van der Waals surface area contributed by atoms with Crippen molar-refractivity contribution in [1.29, 1.82) is 0 Å². The van der Waals surface area contributed by atoms with Crippen LogP contribution in [0.5, 0.6) is 11.6 Å². The number of hydrogen-bond acceptors (Lipinski definition) is 5. The number of nitrogens with one attached hydrogen (secondary N) is 1. The number of methoxy groups -OCH3 is 1. The van der Waals surface area contributed by atoms with E-state index in [2.05, 4.69) is 29.4 Å². The highest BCUT2D eigenvalue weighted by Crippen LogP contribution is 2.31. The van der Waals surface area contributed by atoms with Gasteiger partial charge in [-0.1, -0.05) is 19.1 Å². The zero-order valence-electron chi connectivity index (χ0n) is 20.4. The second kappa shape index (κ2) is 12.6. The lowest BCUT2D eigenvalue weighted by Gasteiger charge is -2.29. The molecule has 0 saturated heterocycles. The van der Waals surface area contributed by atoms with Crippen molar-refractivity contribution < 1.29 is 19.0 Å². The van der Waals surface area contributed by atoms with Crippen molar-refractivity contribution in [2.24, 2.45) is 5.92 Å². The van der Waals surface area contributed by atoms with Crippen LogP contribution in [0.3, 0.4) is 0 Å². The number of rotatable bonds is 11. The van der Waals surface area contributed by atoms with Crippen LogP contribution in [0, 0.1) is 5.92 Å². The third kappa shape index (κ3) is 8.04. The van der Waals surface area contributed by atoms with Gasteiger partial charge in [-0.05, 0) is 80.7 Å². The minimum Gasteiger partial charge on any atom is -0.490 e. The van der Waals surface area contributed by atoms with Crippen molar-refractivity contribution in [3.05, 3.63) is 53.7 Å². The Morgan fingerprint density at radius 2 is 1.88 bits per heavy atom. The zero-order valence-corrected chi connectivity index (χ0v) is 20.4. The maximum absolute atomic E-state index is 11.2. The predicted octanol–water partition coefficient (Wildman–Crippen LogP) is 5.26. The smallest absolute Gasteiger partial charge is 0.217 e. The number of ether oxygens (including phenoxy) is 3. The molecule has 3 rings (SSSR count). The van der Waals surface area contributed by atoms with Gasteiger partial charge in [0.2, 0.25) is 11.8 Å². The van der Waals surface area contributed by atoms with E-state index in [9.17, 15) is 4.79 Å². The summed E-state index contributed by atoms with van der Waals surface area (Å²) in [5, 5.41) is 2.91. The Morgan fingerprint density at radius 3 is 2.52 bits per heavy atom. The Balaban J connectivity index is 1.45. The molecule has 33 heavy (non-hydrogen) atoms. The number of aromatic nitrogens is 1. The molecule has 6 heteroatoms. The number of pyridine rings is 1. The van der Waals surface area contributed by atoms with E-state index in [1.54, 1.807) is 7.11 Å². The quantitative estimate of drug-likeness (QED) is 0.501. The average molecular weight is 455 g/mol. The summed E-state index contributed by atoms with van der Waals surface area (Å²) in [4.78, 5) is 15.6. The molecule has 1 aromatic heterocycles. The van der Waals surface area contributed by atoms with Crippen molar-refractivity contribution in [2.45, 2.75) is 77.5 Å².